The molecule has 1 aliphatic rings. The maximum absolute atomic E-state index is 12.3. The molecular formula is C18H24N4O2. The van der Waals surface area contributed by atoms with Crippen LogP contribution in [0.15, 0.2) is 30.3 Å². The molecule has 3 N–H and O–H groups in total. The van der Waals surface area contributed by atoms with E-state index in [9.17, 15) is 9.90 Å². The van der Waals surface area contributed by atoms with Crippen LogP contribution in [-0.4, -0.2) is 46.5 Å². The average molecular weight is 328 g/mol. The van der Waals surface area contributed by atoms with E-state index in [-0.39, 0.29) is 17.9 Å². The summed E-state index contributed by atoms with van der Waals surface area (Å²) in [5, 5.41) is 20.3. The van der Waals surface area contributed by atoms with Crippen molar-refractivity contribution in [2.45, 2.75) is 26.5 Å². The second-order valence-corrected chi connectivity index (χ2v) is 6.48. The van der Waals surface area contributed by atoms with Crippen molar-refractivity contribution < 1.29 is 9.90 Å². The molecule has 2 atom stereocenters. The number of aliphatic hydroxyl groups excluding tert-OH is 1. The summed E-state index contributed by atoms with van der Waals surface area (Å²) in [7, 11) is 0. The largest absolute Gasteiger partial charge is 0.391 e. The number of aryl methyl sites for hydroxylation is 2. The molecule has 1 amide bonds. The van der Waals surface area contributed by atoms with Gasteiger partial charge in [-0.15, -0.1) is 0 Å². The van der Waals surface area contributed by atoms with Crippen LogP contribution in [-0.2, 0) is 6.54 Å². The van der Waals surface area contributed by atoms with Crippen molar-refractivity contribution in [2.75, 3.05) is 19.6 Å². The summed E-state index contributed by atoms with van der Waals surface area (Å²) in [6, 6.07) is 9.63. The zero-order valence-electron chi connectivity index (χ0n) is 14.1. The molecule has 1 aliphatic heterocycles. The van der Waals surface area contributed by atoms with Crippen LogP contribution in [0.25, 0.3) is 0 Å². The topological polar surface area (TPSA) is 79.2 Å². The lowest BCUT2D eigenvalue weighted by atomic mass is 10.1. The minimum absolute atomic E-state index is 0.0758. The van der Waals surface area contributed by atoms with Gasteiger partial charge in [-0.05, 0) is 37.6 Å². The number of aromatic nitrogens is 2. The molecule has 1 fully saturated rings. The van der Waals surface area contributed by atoms with E-state index in [2.05, 4.69) is 15.7 Å². The van der Waals surface area contributed by atoms with Crippen molar-refractivity contribution in [3.8, 4) is 0 Å². The SMILES string of the molecule is Cc1cc(C)n(Cc2cccc(C(=O)NCC3CNCC3O)c2)n1. The summed E-state index contributed by atoms with van der Waals surface area (Å²) in [6.45, 7) is 6.45. The van der Waals surface area contributed by atoms with Gasteiger partial charge in [-0.2, -0.15) is 5.10 Å². The minimum atomic E-state index is -0.386. The maximum atomic E-state index is 12.3. The zero-order valence-corrected chi connectivity index (χ0v) is 14.1. The molecular weight excluding hydrogens is 304 g/mol. The number of carbonyl (C=O) groups is 1. The van der Waals surface area contributed by atoms with Crippen LogP contribution >= 0.6 is 0 Å². The van der Waals surface area contributed by atoms with Crippen molar-refractivity contribution in [2.24, 2.45) is 5.92 Å². The molecule has 0 spiro atoms. The molecule has 1 aromatic heterocycles. The Bertz CT molecular complexity index is 726. The van der Waals surface area contributed by atoms with E-state index < -0.39 is 0 Å². The number of β-amino-alcohol motifs (C(OH)–C–C–N with tert-alkyl or cyclic N) is 1. The van der Waals surface area contributed by atoms with Crippen LogP contribution in [0.2, 0.25) is 0 Å². The fourth-order valence-corrected chi connectivity index (χ4v) is 3.07. The number of nitrogens with one attached hydrogen (secondary N) is 2. The van der Waals surface area contributed by atoms with Crippen molar-refractivity contribution >= 4 is 5.91 Å². The van der Waals surface area contributed by atoms with Crippen molar-refractivity contribution in [1.29, 1.82) is 0 Å². The van der Waals surface area contributed by atoms with Gasteiger partial charge in [0.2, 0.25) is 0 Å². The number of hydrogen-bond acceptors (Lipinski definition) is 4. The molecule has 2 aromatic rings. The quantitative estimate of drug-likeness (QED) is 0.761. The lowest BCUT2D eigenvalue weighted by molar-refractivity contribution is 0.0927. The van der Waals surface area contributed by atoms with E-state index in [0.717, 1.165) is 23.5 Å². The van der Waals surface area contributed by atoms with E-state index in [1.807, 2.05) is 48.9 Å². The number of benzene rings is 1. The first-order chi connectivity index (χ1) is 11.5. The highest BCUT2D eigenvalue weighted by Gasteiger charge is 2.25. The lowest BCUT2D eigenvalue weighted by Gasteiger charge is -2.14. The van der Waals surface area contributed by atoms with Gasteiger partial charge in [0.05, 0.1) is 18.3 Å². The van der Waals surface area contributed by atoms with Gasteiger partial charge >= 0.3 is 0 Å². The van der Waals surface area contributed by atoms with Gasteiger partial charge in [0.25, 0.3) is 5.91 Å². The van der Waals surface area contributed by atoms with Crippen LogP contribution < -0.4 is 10.6 Å². The van der Waals surface area contributed by atoms with Crippen LogP contribution in [0.3, 0.4) is 0 Å². The average Bonchev–Trinajstić information content (AvgIpc) is 3.10. The molecule has 0 saturated carbocycles. The Labute approximate surface area is 141 Å². The van der Waals surface area contributed by atoms with Gasteiger partial charge in [-0.3, -0.25) is 9.48 Å². The van der Waals surface area contributed by atoms with Gasteiger partial charge in [0, 0.05) is 36.8 Å². The molecule has 1 saturated heterocycles. The van der Waals surface area contributed by atoms with Crippen LogP contribution in [0.1, 0.15) is 27.3 Å². The molecule has 6 heteroatoms. The van der Waals surface area contributed by atoms with Gasteiger partial charge in [-0.25, -0.2) is 0 Å². The Morgan fingerprint density at radius 3 is 2.88 bits per heavy atom. The second-order valence-electron chi connectivity index (χ2n) is 6.48. The first kappa shape index (κ1) is 16.7. The maximum Gasteiger partial charge on any atom is 0.251 e. The van der Waals surface area contributed by atoms with Gasteiger partial charge in [0.15, 0.2) is 0 Å². The number of rotatable bonds is 5. The Hall–Kier alpha value is -2.18. The van der Waals surface area contributed by atoms with E-state index >= 15 is 0 Å². The molecule has 1 aromatic carbocycles. The van der Waals surface area contributed by atoms with Crippen LogP contribution in [0.5, 0.6) is 0 Å². The summed E-state index contributed by atoms with van der Waals surface area (Å²) in [4.78, 5) is 12.3. The lowest BCUT2D eigenvalue weighted by Crippen LogP contribution is -2.34. The van der Waals surface area contributed by atoms with Crippen LogP contribution in [0, 0.1) is 19.8 Å². The molecule has 0 radical (unpaired) electrons. The number of hydrogen-bond donors (Lipinski definition) is 3. The number of carbonyl (C=O) groups excluding carboxylic acids is 1. The third kappa shape index (κ3) is 3.83. The predicted molar refractivity (Wildman–Crippen MR) is 91.9 cm³/mol. The summed E-state index contributed by atoms with van der Waals surface area (Å²) in [5.74, 6) is -0.0313. The molecule has 0 aliphatic carbocycles. The number of amides is 1. The molecule has 128 valence electrons. The van der Waals surface area contributed by atoms with Crippen molar-refractivity contribution in [1.82, 2.24) is 20.4 Å². The zero-order chi connectivity index (χ0) is 17.1. The highest BCUT2D eigenvalue weighted by molar-refractivity contribution is 5.94. The third-order valence-corrected chi connectivity index (χ3v) is 4.45. The van der Waals surface area contributed by atoms with E-state index in [0.29, 0.717) is 25.2 Å². The van der Waals surface area contributed by atoms with E-state index in [1.54, 1.807) is 0 Å². The normalized spacial score (nSPS) is 20.3. The Kier molecular flexibility index (Phi) is 4.97. The summed E-state index contributed by atoms with van der Waals surface area (Å²) < 4.78 is 1.94. The molecule has 2 unspecified atom stereocenters. The first-order valence-corrected chi connectivity index (χ1v) is 8.30. The monoisotopic (exact) mass is 328 g/mol. The Morgan fingerprint density at radius 2 is 2.21 bits per heavy atom. The highest BCUT2D eigenvalue weighted by Crippen LogP contribution is 2.11. The third-order valence-electron chi connectivity index (χ3n) is 4.45. The first-order valence-electron chi connectivity index (χ1n) is 8.30. The second kappa shape index (κ2) is 7.15. The Balaban J connectivity index is 1.63. The highest BCUT2D eigenvalue weighted by atomic mass is 16.3. The smallest absolute Gasteiger partial charge is 0.251 e. The van der Waals surface area contributed by atoms with Gasteiger partial charge in [0.1, 0.15) is 0 Å². The molecule has 2 heterocycles. The minimum Gasteiger partial charge on any atom is -0.391 e. The van der Waals surface area contributed by atoms with E-state index in [1.165, 1.54) is 0 Å². The van der Waals surface area contributed by atoms with Crippen LogP contribution in [0.4, 0.5) is 0 Å². The van der Waals surface area contributed by atoms with E-state index in [4.69, 9.17) is 0 Å². The Morgan fingerprint density at radius 1 is 1.38 bits per heavy atom. The summed E-state index contributed by atoms with van der Waals surface area (Å²) in [6.07, 6.45) is -0.386. The summed E-state index contributed by atoms with van der Waals surface area (Å²) >= 11 is 0. The predicted octanol–water partition coefficient (Wildman–Crippen LogP) is 0.858. The number of nitrogens with zero attached hydrogens (tertiary/aromatic N) is 2. The molecule has 6 nitrogen and oxygen atoms in total. The van der Waals surface area contributed by atoms with Gasteiger partial charge in [-0.1, -0.05) is 12.1 Å². The molecule has 3 rings (SSSR count). The fraction of sp³-hybridized carbons (Fsp3) is 0.444. The number of aliphatic hydroxyl groups is 1. The van der Waals surface area contributed by atoms with Gasteiger partial charge < -0.3 is 15.7 Å². The standard InChI is InChI=1S/C18H24N4O2/c1-12-6-13(2)22(21-12)11-14-4-3-5-15(7-14)18(24)20-9-16-8-19-10-17(16)23/h3-7,16-17,19,23H,8-11H2,1-2H3,(H,20,24). The summed E-state index contributed by atoms with van der Waals surface area (Å²) in [5.41, 5.74) is 3.76. The molecule has 24 heavy (non-hydrogen) atoms. The van der Waals surface area contributed by atoms with Crippen molar-refractivity contribution in [3.63, 3.8) is 0 Å². The van der Waals surface area contributed by atoms with Crippen molar-refractivity contribution in [3.05, 3.63) is 52.8 Å². The molecule has 0 bridgehead atoms. The fourth-order valence-electron chi connectivity index (χ4n) is 3.07.